The van der Waals surface area contributed by atoms with E-state index in [9.17, 15) is 4.79 Å². The Labute approximate surface area is 133 Å². The first-order valence-electron chi connectivity index (χ1n) is 5.41. The zero-order valence-electron chi connectivity index (χ0n) is 9.93. The Balaban J connectivity index is 2.37. The number of carbonyl (C=O) groups is 1. The van der Waals surface area contributed by atoms with Crippen LogP contribution in [0.5, 0.6) is 11.5 Å². The smallest absolute Gasteiger partial charge is 0.335 e. The van der Waals surface area contributed by atoms with E-state index >= 15 is 0 Å². The van der Waals surface area contributed by atoms with E-state index < -0.39 is 5.97 Å². The molecule has 0 atom stereocenters. The maximum atomic E-state index is 10.9. The summed E-state index contributed by atoms with van der Waals surface area (Å²) in [6, 6.07) is 11.2. The van der Waals surface area contributed by atoms with Crippen molar-refractivity contribution in [3.05, 3.63) is 56.1 Å². The quantitative estimate of drug-likeness (QED) is 0.781. The molecule has 0 saturated carbocycles. The molecule has 6 heteroatoms. The molecule has 1 N–H and O–H groups in total. The van der Waals surface area contributed by atoms with E-state index in [1.54, 1.807) is 18.2 Å². The predicted molar refractivity (Wildman–Crippen MR) is 82.4 cm³/mol. The Morgan fingerprint density at radius 1 is 1.25 bits per heavy atom. The van der Waals surface area contributed by atoms with E-state index in [1.807, 2.05) is 28.7 Å². The van der Waals surface area contributed by atoms with Crippen LogP contribution in [-0.4, -0.2) is 11.1 Å². The summed E-state index contributed by atoms with van der Waals surface area (Å²) in [6.45, 7) is 0. The number of carboxylic acids is 1. The van der Waals surface area contributed by atoms with Crippen molar-refractivity contribution in [3.63, 3.8) is 0 Å². The molecule has 0 spiro atoms. The van der Waals surface area contributed by atoms with Crippen molar-refractivity contribution < 1.29 is 14.6 Å². The Morgan fingerprint density at radius 2 is 2.00 bits per heavy atom. The molecular weight excluding hydrogens is 393 g/mol. The highest BCUT2D eigenvalue weighted by molar-refractivity contribution is 14.1. The molecule has 0 fully saturated rings. The third kappa shape index (κ3) is 3.21. The van der Waals surface area contributed by atoms with Crippen LogP contribution in [0.15, 0.2) is 36.4 Å². The molecule has 0 unspecified atom stereocenters. The third-order valence-corrected chi connectivity index (χ3v) is 3.65. The minimum Gasteiger partial charge on any atom is -0.478 e. The number of ether oxygens (including phenoxy) is 1. The monoisotopic (exact) mass is 399 g/mol. The van der Waals surface area contributed by atoms with Gasteiger partial charge in [0.25, 0.3) is 0 Å². The number of hydrogen-bond acceptors (Lipinski definition) is 3. The zero-order valence-corrected chi connectivity index (χ0v) is 12.8. The maximum absolute atomic E-state index is 10.9. The molecule has 0 heterocycles. The molecule has 0 amide bonds. The molecular formula is C14H7ClINO3. The molecule has 0 radical (unpaired) electrons. The van der Waals surface area contributed by atoms with Crippen LogP contribution in [0.4, 0.5) is 0 Å². The molecule has 0 saturated heterocycles. The lowest BCUT2D eigenvalue weighted by molar-refractivity contribution is 0.0696. The first-order chi connectivity index (χ1) is 9.51. The van der Waals surface area contributed by atoms with Crippen molar-refractivity contribution >= 4 is 40.2 Å². The molecule has 2 aromatic carbocycles. The van der Waals surface area contributed by atoms with Gasteiger partial charge in [-0.15, -0.1) is 0 Å². The van der Waals surface area contributed by atoms with Gasteiger partial charge in [0.15, 0.2) is 0 Å². The fourth-order valence-electron chi connectivity index (χ4n) is 1.49. The molecule has 0 aromatic heterocycles. The van der Waals surface area contributed by atoms with Crippen molar-refractivity contribution in [2.75, 3.05) is 0 Å². The Kier molecular flexibility index (Phi) is 4.47. The Hall–Kier alpha value is -1.78. The second-order valence-electron chi connectivity index (χ2n) is 3.81. The molecule has 0 aliphatic rings. The van der Waals surface area contributed by atoms with E-state index in [-0.39, 0.29) is 5.56 Å². The van der Waals surface area contributed by atoms with Crippen LogP contribution in [0.25, 0.3) is 0 Å². The number of nitrogens with zero attached hydrogens (tertiary/aromatic N) is 1. The number of aromatic carboxylic acids is 1. The highest BCUT2D eigenvalue weighted by atomic mass is 127. The summed E-state index contributed by atoms with van der Waals surface area (Å²) < 4.78 is 6.38. The standard InChI is InChI=1S/C14H7ClINO3/c15-10-5-8(7-17)1-4-12(10)20-13-6-9(14(18)19)2-3-11(13)16/h1-6H,(H,18,19). The van der Waals surface area contributed by atoms with Gasteiger partial charge >= 0.3 is 5.97 Å². The van der Waals surface area contributed by atoms with Gasteiger partial charge in [0.1, 0.15) is 11.5 Å². The summed E-state index contributed by atoms with van der Waals surface area (Å²) in [5.74, 6) is -0.264. The van der Waals surface area contributed by atoms with Gasteiger partial charge < -0.3 is 9.84 Å². The van der Waals surface area contributed by atoms with Gasteiger partial charge in [-0.25, -0.2) is 4.79 Å². The lowest BCUT2D eigenvalue weighted by Crippen LogP contribution is -1.98. The van der Waals surface area contributed by atoms with Crippen LogP contribution < -0.4 is 4.74 Å². The number of halogens is 2. The van der Waals surface area contributed by atoms with Crippen LogP contribution in [0.3, 0.4) is 0 Å². The molecule has 100 valence electrons. The summed E-state index contributed by atoms with van der Waals surface area (Å²) in [7, 11) is 0. The average molecular weight is 400 g/mol. The van der Waals surface area contributed by atoms with Gasteiger partial charge in [-0.1, -0.05) is 11.6 Å². The number of hydrogen-bond donors (Lipinski definition) is 1. The topological polar surface area (TPSA) is 70.3 Å². The van der Waals surface area contributed by atoms with Crippen LogP contribution in [0, 0.1) is 14.9 Å². The summed E-state index contributed by atoms with van der Waals surface area (Å²) in [4.78, 5) is 10.9. The van der Waals surface area contributed by atoms with Crippen LogP contribution in [0.1, 0.15) is 15.9 Å². The average Bonchev–Trinajstić information content (AvgIpc) is 2.42. The number of nitriles is 1. The van der Waals surface area contributed by atoms with Crippen molar-refractivity contribution in [2.24, 2.45) is 0 Å². The third-order valence-electron chi connectivity index (χ3n) is 2.46. The van der Waals surface area contributed by atoms with E-state index in [2.05, 4.69) is 0 Å². The molecule has 20 heavy (non-hydrogen) atoms. The number of carboxylic acid groups (broad SMARTS) is 1. The van der Waals surface area contributed by atoms with E-state index in [0.717, 1.165) is 3.57 Å². The fourth-order valence-corrected chi connectivity index (χ4v) is 2.15. The SMILES string of the molecule is N#Cc1ccc(Oc2cc(C(=O)O)ccc2I)c(Cl)c1. The lowest BCUT2D eigenvalue weighted by atomic mass is 10.2. The van der Waals surface area contributed by atoms with Gasteiger partial charge in [0.05, 0.1) is 25.8 Å². The minimum atomic E-state index is -1.03. The van der Waals surface area contributed by atoms with Crippen molar-refractivity contribution in [1.29, 1.82) is 5.26 Å². The summed E-state index contributed by atoms with van der Waals surface area (Å²) >= 11 is 8.06. The zero-order chi connectivity index (χ0) is 14.7. The van der Waals surface area contributed by atoms with Crippen LogP contribution in [-0.2, 0) is 0 Å². The Morgan fingerprint density at radius 3 is 2.60 bits per heavy atom. The van der Waals surface area contributed by atoms with E-state index in [1.165, 1.54) is 18.2 Å². The molecule has 0 aliphatic heterocycles. The molecule has 4 nitrogen and oxygen atoms in total. The second-order valence-corrected chi connectivity index (χ2v) is 5.38. The Bertz CT molecular complexity index is 725. The molecule has 2 rings (SSSR count). The highest BCUT2D eigenvalue weighted by Gasteiger charge is 2.11. The second kappa shape index (κ2) is 6.11. The lowest BCUT2D eigenvalue weighted by Gasteiger charge is -2.10. The first kappa shape index (κ1) is 14.6. The van der Waals surface area contributed by atoms with Crippen LogP contribution >= 0.6 is 34.2 Å². The summed E-state index contributed by atoms with van der Waals surface area (Å²) in [5, 5.41) is 18.0. The number of rotatable bonds is 3. The fraction of sp³-hybridized carbons (Fsp3) is 0. The molecule has 2 aromatic rings. The van der Waals surface area contributed by atoms with Crippen molar-refractivity contribution in [1.82, 2.24) is 0 Å². The van der Waals surface area contributed by atoms with Crippen molar-refractivity contribution in [2.45, 2.75) is 0 Å². The van der Waals surface area contributed by atoms with E-state index in [0.29, 0.717) is 22.1 Å². The number of benzene rings is 2. The summed E-state index contributed by atoms with van der Waals surface area (Å²) in [5.41, 5.74) is 0.557. The largest absolute Gasteiger partial charge is 0.478 e. The molecule has 0 aliphatic carbocycles. The van der Waals surface area contributed by atoms with Crippen molar-refractivity contribution in [3.8, 4) is 17.6 Å². The van der Waals surface area contributed by atoms with E-state index in [4.69, 9.17) is 26.7 Å². The maximum Gasteiger partial charge on any atom is 0.335 e. The van der Waals surface area contributed by atoms with Gasteiger partial charge in [-0.3, -0.25) is 0 Å². The summed E-state index contributed by atoms with van der Waals surface area (Å²) in [6.07, 6.45) is 0. The minimum absolute atomic E-state index is 0.130. The first-order valence-corrected chi connectivity index (χ1v) is 6.87. The predicted octanol–water partition coefficient (Wildman–Crippen LogP) is 4.31. The van der Waals surface area contributed by atoms with Crippen LogP contribution in [0.2, 0.25) is 5.02 Å². The van der Waals surface area contributed by atoms with Gasteiger partial charge in [-0.2, -0.15) is 5.26 Å². The highest BCUT2D eigenvalue weighted by Crippen LogP contribution is 2.33. The molecule has 0 bridgehead atoms. The van der Waals surface area contributed by atoms with Gasteiger partial charge in [0.2, 0.25) is 0 Å². The van der Waals surface area contributed by atoms with Gasteiger partial charge in [-0.05, 0) is 59.0 Å². The van der Waals surface area contributed by atoms with Gasteiger partial charge in [0, 0.05) is 0 Å². The normalized spacial score (nSPS) is 9.85.